The van der Waals surface area contributed by atoms with Crippen LogP contribution in [0.1, 0.15) is 17.8 Å². The van der Waals surface area contributed by atoms with E-state index in [0.29, 0.717) is 11.6 Å². The fourth-order valence-corrected chi connectivity index (χ4v) is 2.58. The van der Waals surface area contributed by atoms with Gasteiger partial charge in [-0.3, -0.25) is 0 Å². The number of aromatic nitrogens is 2. The number of aryl methyl sites for hydroxylation is 1. The molecule has 0 bridgehead atoms. The molecule has 0 spiro atoms. The van der Waals surface area contributed by atoms with Gasteiger partial charge in [-0.05, 0) is 25.2 Å². The van der Waals surface area contributed by atoms with E-state index in [-0.39, 0.29) is 0 Å². The zero-order valence-electron chi connectivity index (χ0n) is 9.31. The van der Waals surface area contributed by atoms with Crippen LogP contribution in [0.5, 0.6) is 0 Å². The highest BCUT2D eigenvalue weighted by atomic mass is 32.2. The Morgan fingerprint density at radius 1 is 1.38 bits per heavy atom. The zero-order chi connectivity index (χ0) is 11.4. The Morgan fingerprint density at radius 3 is 3.06 bits per heavy atom. The summed E-state index contributed by atoms with van der Waals surface area (Å²) in [6.45, 7) is 3.86. The molecular formula is C11H14N4S. The van der Waals surface area contributed by atoms with Crippen LogP contribution in [0.4, 0.5) is 5.95 Å². The SMILES string of the molecule is Cc1cc(C#N)nc(N2CCCSCC2)n1. The average Bonchev–Trinajstić information content (AvgIpc) is 2.56. The molecule has 5 heteroatoms. The van der Waals surface area contributed by atoms with Crippen LogP contribution in [0, 0.1) is 18.3 Å². The van der Waals surface area contributed by atoms with Crippen LogP contribution in [-0.4, -0.2) is 34.6 Å². The van der Waals surface area contributed by atoms with Gasteiger partial charge in [-0.2, -0.15) is 17.0 Å². The molecule has 1 aliphatic rings. The molecule has 1 saturated heterocycles. The highest BCUT2D eigenvalue weighted by Gasteiger charge is 2.13. The van der Waals surface area contributed by atoms with Gasteiger partial charge in [0, 0.05) is 24.5 Å². The smallest absolute Gasteiger partial charge is 0.226 e. The maximum atomic E-state index is 8.88. The molecule has 0 N–H and O–H groups in total. The highest BCUT2D eigenvalue weighted by molar-refractivity contribution is 7.99. The molecule has 2 rings (SSSR count). The lowest BCUT2D eigenvalue weighted by atomic mass is 10.3. The first-order valence-corrected chi connectivity index (χ1v) is 6.53. The van der Waals surface area contributed by atoms with Gasteiger partial charge in [0.1, 0.15) is 11.8 Å². The van der Waals surface area contributed by atoms with Gasteiger partial charge in [0.2, 0.25) is 5.95 Å². The van der Waals surface area contributed by atoms with Crippen molar-refractivity contribution >= 4 is 17.7 Å². The van der Waals surface area contributed by atoms with Crippen molar-refractivity contribution in [2.75, 3.05) is 29.5 Å². The third kappa shape index (κ3) is 2.64. The monoisotopic (exact) mass is 234 g/mol. The number of hydrogen-bond donors (Lipinski definition) is 0. The van der Waals surface area contributed by atoms with Gasteiger partial charge in [-0.15, -0.1) is 0 Å². The maximum Gasteiger partial charge on any atom is 0.226 e. The third-order valence-corrected chi connectivity index (χ3v) is 3.51. The number of rotatable bonds is 1. The van der Waals surface area contributed by atoms with Crippen LogP contribution in [0.25, 0.3) is 0 Å². The first kappa shape index (κ1) is 11.2. The summed E-state index contributed by atoms with van der Waals surface area (Å²) in [6, 6.07) is 3.80. The third-order valence-electron chi connectivity index (χ3n) is 2.46. The second kappa shape index (κ2) is 5.17. The lowest BCUT2D eigenvalue weighted by molar-refractivity contribution is 0.778. The first-order valence-electron chi connectivity index (χ1n) is 5.38. The van der Waals surface area contributed by atoms with Gasteiger partial charge < -0.3 is 4.90 Å². The quantitative estimate of drug-likeness (QED) is 0.738. The summed E-state index contributed by atoms with van der Waals surface area (Å²) in [5.41, 5.74) is 1.32. The lowest BCUT2D eigenvalue weighted by Crippen LogP contribution is -2.27. The van der Waals surface area contributed by atoms with Gasteiger partial charge in [-0.1, -0.05) is 0 Å². The molecule has 0 atom stereocenters. The van der Waals surface area contributed by atoms with E-state index in [1.54, 1.807) is 6.07 Å². The molecule has 1 aliphatic heterocycles. The van der Waals surface area contributed by atoms with Gasteiger partial charge in [0.15, 0.2) is 0 Å². The van der Waals surface area contributed by atoms with Gasteiger partial charge >= 0.3 is 0 Å². The summed E-state index contributed by atoms with van der Waals surface area (Å²) >= 11 is 1.97. The molecular weight excluding hydrogens is 220 g/mol. The molecule has 4 nitrogen and oxygen atoms in total. The summed E-state index contributed by atoms with van der Waals surface area (Å²) in [7, 11) is 0. The predicted molar refractivity (Wildman–Crippen MR) is 65.6 cm³/mol. The maximum absolute atomic E-state index is 8.88. The molecule has 1 aromatic heterocycles. The van der Waals surface area contributed by atoms with Crippen LogP contribution in [-0.2, 0) is 0 Å². The Morgan fingerprint density at radius 2 is 2.25 bits per heavy atom. The van der Waals surface area contributed by atoms with Crippen LogP contribution in [0.2, 0.25) is 0 Å². The van der Waals surface area contributed by atoms with E-state index in [0.717, 1.165) is 31.0 Å². The summed E-state index contributed by atoms with van der Waals surface area (Å²) in [4.78, 5) is 10.8. The summed E-state index contributed by atoms with van der Waals surface area (Å²) < 4.78 is 0. The Hall–Kier alpha value is -1.28. The minimum Gasteiger partial charge on any atom is -0.340 e. The van der Waals surface area contributed by atoms with Crippen LogP contribution >= 0.6 is 11.8 Å². The van der Waals surface area contributed by atoms with Crippen molar-refractivity contribution in [3.63, 3.8) is 0 Å². The highest BCUT2D eigenvalue weighted by Crippen LogP contribution is 2.16. The molecule has 1 fully saturated rings. The fourth-order valence-electron chi connectivity index (χ4n) is 1.70. The van der Waals surface area contributed by atoms with E-state index in [1.165, 1.54) is 5.75 Å². The van der Waals surface area contributed by atoms with Crippen molar-refractivity contribution in [3.8, 4) is 6.07 Å². The van der Waals surface area contributed by atoms with Crippen molar-refractivity contribution in [1.82, 2.24) is 9.97 Å². The largest absolute Gasteiger partial charge is 0.340 e. The first-order chi connectivity index (χ1) is 7.79. The van der Waals surface area contributed by atoms with Crippen LogP contribution in [0.15, 0.2) is 6.07 Å². The van der Waals surface area contributed by atoms with E-state index in [2.05, 4.69) is 20.9 Å². The van der Waals surface area contributed by atoms with Crippen LogP contribution in [0.3, 0.4) is 0 Å². The molecule has 16 heavy (non-hydrogen) atoms. The van der Waals surface area contributed by atoms with Crippen molar-refractivity contribution < 1.29 is 0 Å². The summed E-state index contributed by atoms with van der Waals surface area (Å²) in [5, 5.41) is 8.88. The number of nitriles is 1. The average molecular weight is 234 g/mol. The molecule has 0 aliphatic carbocycles. The molecule has 84 valence electrons. The molecule has 0 saturated carbocycles. The summed E-state index contributed by atoms with van der Waals surface area (Å²) in [6.07, 6.45) is 1.16. The molecule has 0 aromatic carbocycles. The second-order valence-electron chi connectivity index (χ2n) is 3.76. The minimum atomic E-state index is 0.458. The standard InChI is InChI=1S/C11H14N4S/c1-9-7-10(8-12)14-11(13-9)15-3-2-5-16-6-4-15/h7H,2-6H2,1H3. The van der Waals surface area contributed by atoms with Crippen LogP contribution < -0.4 is 4.90 Å². The van der Waals surface area contributed by atoms with Crippen molar-refractivity contribution in [3.05, 3.63) is 17.5 Å². The Labute approximate surface area is 99.7 Å². The number of nitrogens with zero attached hydrogens (tertiary/aromatic N) is 4. The Bertz CT molecular complexity index is 405. The second-order valence-corrected chi connectivity index (χ2v) is 4.98. The van der Waals surface area contributed by atoms with E-state index in [9.17, 15) is 0 Å². The molecule has 2 heterocycles. The molecule has 0 amide bonds. The minimum absolute atomic E-state index is 0.458. The molecule has 1 aromatic rings. The van der Waals surface area contributed by atoms with Gasteiger partial charge in [-0.25, -0.2) is 9.97 Å². The van der Waals surface area contributed by atoms with Gasteiger partial charge in [0.25, 0.3) is 0 Å². The van der Waals surface area contributed by atoms with Crippen molar-refractivity contribution in [1.29, 1.82) is 5.26 Å². The fraction of sp³-hybridized carbons (Fsp3) is 0.545. The molecule has 0 radical (unpaired) electrons. The van der Waals surface area contributed by atoms with E-state index < -0.39 is 0 Å². The Balaban J connectivity index is 2.24. The normalized spacial score (nSPS) is 16.6. The number of hydrogen-bond acceptors (Lipinski definition) is 5. The Kier molecular flexibility index (Phi) is 3.62. The number of anilines is 1. The topological polar surface area (TPSA) is 52.8 Å². The van der Waals surface area contributed by atoms with E-state index in [1.807, 2.05) is 18.7 Å². The van der Waals surface area contributed by atoms with E-state index in [4.69, 9.17) is 5.26 Å². The summed E-state index contributed by atoms with van der Waals surface area (Å²) in [5.74, 6) is 3.02. The predicted octanol–water partition coefficient (Wildman–Crippen LogP) is 1.60. The van der Waals surface area contributed by atoms with Gasteiger partial charge in [0.05, 0.1) is 0 Å². The lowest BCUT2D eigenvalue weighted by Gasteiger charge is -2.19. The molecule has 0 unspecified atom stereocenters. The van der Waals surface area contributed by atoms with E-state index >= 15 is 0 Å². The number of thioether (sulfide) groups is 1. The van der Waals surface area contributed by atoms with Crippen molar-refractivity contribution in [2.45, 2.75) is 13.3 Å². The van der Waals surface area contributed by atoms with Crippen molar-refractivity contribution in [2.24, 2.45) is 0 Å². The zero-order valence-corrected chi connectivity index (χ0v) is 10.1.